The molecule has 2 rings (SSSR count). The molecule has 0 aliphatic carbocycles. The fourth-order valence-electron chi connectivity index (χ4n) is 2.36. The topological polar surface area (TPSA) is 59.9 Å². The minimum atomic E-state index is 0.133. The minimum Gasteiger partial charge on any atom is -0.395 e. The highest BCUT2D eigenvalue weighted by molar-refractivity contribution is 7.80. The molecule has 0 aliphatic rings. The van der Waals surface area contributed by atoms with Gasteiger partial charge in [-0.15, -0.1) is 0 Å². The number of thiocarbonyl (C=S) groups is 1. The van der Waals surface area contributed by atoms with Crippen LogP contribution < -0.4 is 15.6 Å². The van der Waals surface area contributed by atoms with Crippen molar-refractivity contribution in [3.63, 3.8) is 0 Å². The molecule has 25 heavy (non-hydrogen) atoms. The summed E-state index contributed by atoms with van der Waals surface area (Å²) in [6.45, 7) is 4.84. The number of hydrogen-bond acceptors (Lipinski definition) is 4. The van der Waals surface area contributed by atoms with Gasteiger partial charge in [0, 0.05) is 25.0 Å². The van der Waals surface area contributed by atoms with E-state index in [0.29, 0.717) is 11.7 Å². The predicted molar refractivity (Wildman–Crippen MR) is 110 cm³/mol. The highest BCUT2D eigenvalue weighted by atomic mass is 32.1. The Labute approximate surface area is 154 Å². The summed E-state index contributed by atoms with van der Waals surface area (Å²) in [7, 11) is 1.94. The van der Waals surface area contributed by atoms with Crippen LogP contribution in [-0.4, -0.2) is 36.6 Å². The third kappa shape index (κ3) is 5.85. The van der Waals surface area contributed by atoms with Crippen molar-refractivity contribution in [1.82, 2.24) is 5.43 Å². The van der Waals surface area contributed by atoms with E-state index in [1.807, 2.05) is 55.3 Å². The van der Waals surface area contributed by atoms with Crippen LogP contribution in [0.4, 0.5) is 11.4 Å². The number of rotatable bonds is 6. The van der Waals surface area contributed by atoms with Crippen molar-refractivity contribution in [2.24, 2.45) is 5.10 Å². The van der Waals surface area contributed by atoms with Gasteiger partial charge in [-0.05, 0) is 55.4 Å². The summed E-state index contributed by atoms with van der Waals surface area (Å²) in [5.41, 5.74) is 8.15. The molecule has 3 N–H and O–H groups in total. The van der Waals surface area contributed by atoms with E-state index in [9.17, 15) is 0 Å². The lowest BCUT2D eigenvalue weighted by molar-refractivity contribution is 0.304. The van der Waals surface area contributed by atoms with E-state index in [0.717, 1.165) is 22.5 Å². The first-order chi connectivity index (χ1) is 12.0. The fraction of sp³-hybridized carbons (Fsp3) is 0.263. The normalized spacial score (nSPS) is 10.7. The average Bonchev–Trinajstić information content (AvgIpc) is 2.58. The quantitative estimate of drug-likeness (QED) is 0.422. The largest absolute Gasteiger partial charge is 0.395 e. The van der Waals surface area contributed by atoms with Crippen LogP contribution in [-0.2, 0) is 0 Å². The molecule has 0 saturated carbocycles. The van der Waals surface area contributed by atoms with E-state index in [-0.39, 0.29) is 6.61 Å². The summed E-state index contributed by atoms with van der Waals surface area (Å²) < 4.78 is 0. The first-order valence-electron chi connectivity index (χ1n) is 8.09. The van der Waals surface area contributed by atoms with E-state index < -0.39 is 0 Å². The van der Waals surface area contributed by atoms with Gasteiger partial charge in [-0.2, -0.15) is 5.10 Å². The highest BCUT2D eigenvalue weighted by Crippen LogP contribution is 2.16. The van der Waals surface area contributed by atoms with Crippen LogP contribution >= 0.6 is 12.2 Å². The minimum absolute atomic E-state index is 0.133. The van der Waals surface area contributed by atoms with Crippen molar-refractivity contribution in [3.05, 3.63) is 59.2 Å². The lowest BCUT2D eigenvalue weighted by Gasteiger charge is -2.17. The zero-order valence-corrected chi connectivity index (χ0v) is 15.6. The molecule has 0 bridgehead atoms. The van der Waals surface area contributed by atoms with Crippen molar-refractivity contribution in [3.8, 4) is 0 Å². The number of hydrazone groups is 1. The van der Waals surface area contributed by atoms with E-state index >= 15 is 0 Å². The van der Waals surface area contributed by atoms with Gasteiger partial charge in [0.1, 0.15) is 0 Å². The van der Waals surface area contributed by atoms with Crippen LogP contribution in [0.5, 0.6) is 0 Å². The molecule has 132 valence electrons. The molecule has 0 saturated heterocycles. The van der Waals surface area contributed by atoms with E-state index in [1.54, 1.807) is 6.21 Å². The zero-order chi connectivity index (χ0) is 18.2. The van der Waals surface area contributed by atoms with Gasteiger partial charge >= 0.3 is 0 Å². The summed E-state index contributed by atoms with van der Waals surface area (Å²) in [5.74, 6) is 0. The van der Waals surface area contributed by atoms with E-state index in [1.165, 1.54) is 5.56 Å². The molecular formula is C19H24N4OS. The predicted octanol–water partition coefficient (Wildman–Crippen LogP) is 3.05. The van der Waals surface area contributed by atoms with Gasteiger partial charge in [0.2, 0.25) is 0 Å². The van der Waals surface area contributed by atoms with Gasteiger partial charge < -0.3 is 15.3 Å². The van der Waals surface area contributed by atoms with Gasteiger partial charge in [-0.1, -0.05) is 29.8 Å². The van der Waals surface area contributed by atoms with Gasteiger partial charge in [0.05, 0.1) is 12.8 Å². The lowest BCUT2D eigenvalue weighted by atomic mass is 10.1. The number of aryl methyl sites for hydroxylation is 2. The fourth-order valence-corrected chi connectivity index (χ4v) is 2.53. The summed E-state index contributed by atoms with van der Waals surface area (Å²) in [6, 6.07) is 14.1. The third-order valence-corrected chi connectivity index (χ3v) is 3.97. The highest BCUT2D eigenvalue weighted by Gasteiger charge is 2.01. The molecule has 0 heterocycles. The van der Waals surface area contributed by atoms with Gasteiger partial charge in [-0.3, -0.25) is 5.43 Å². The molecule has 2 aromatic rings. The van der Waals surface area contributed by atoms with Crippen LogP contribution in [0.2, 0.25) is 0 Å². The number of likely N-dealkylation sites (N-methyl/N-ethyl adjacent to an activating group) is 1. The molecule has 0 unspecified atom stereocenters. The molecule has 0 fully saturated rings. The molecule has 0 atom stereocenters. The molecule has 0 spiro atoms. The van der Waals surface area contributed by atoms with Crippen molar-refractivity contribution in [2.45, 2.75) is 13.8 Å². The summed E-state index contributed by atoms with van der Waals surface area (Å²) in [6.07, 6.45) is 1.71. The maximum absolute atomic E-state index is 8.97. The first-order valence-corrected chi connectivity index (χ1v) is 8.50. The number of nitrogens with zero attached hydrogens (tertiary/aromatic N) is 2. The van der Waals surface area contributed by atoms with Crippen molar-refractivity contribution >= 4 is 34.9 Å². The van der Waals surface area contributed by atoms with Gasteiger partial charge in [-0.25, -0.2) is 0 Å². The Morgan fingerprint density at radius 3 is 2.56 bits per heavy atom. The smallest absolute Gasteiger partial charge is 0.191 e. The third-order valence-electron chi connectivity index (χ3n) is 3.78. The Kier molecular flexibility index (Phi) is 6.91. The number of nitrogens with one attached hydrogen (secondary N) is 2. The number of aliphatic hydroxyl groups excluding tert-OH is 1. The van der Waals surface area contributed by atoms with Gasteiger partial charge in [0.25, 0.3) is 0 Å². The second kappa shape index (κ2) is 9.15. The van der Waals surface area contributed by atoms with Crippen molar-refractivity contribution in [2.75, 3.05) is 30.4 Å². The summed E-state index contributed by atoms with van der Waals surface area (Å²) in [5, 5.41) is 16.7. The second-order valence-corrected chi connectivity index (χ2v) is 6.29. The number of benzene rings is 2. The number of hydrogen-bond donors (Lipinski definition) is 3. The lowest BCUT2D eigenvalue weighted by Crippen LogP contribution is -2.24. The van der Waals surface area contributed by atoms with Crippen molar-refractivity contribution in [1.29, 1.82) is 0 Å². The SMILES string of the molecule is Cc1ccc(NC(=S)N/N=C\c2ccc(N(C)CCO)cc2)c(C)c1. The van der Waals surface area contributed by atoms with E-state index in [4.69, 9.17) is 17.3 Å². The summed E-state index contributed by atoms with van der Waals surface area (Å²) in [4.78, 5) is 1.99. The van der Waals surface area contributed by atoms with Crippen LogP contribution in [0.25, 0.3) is 0 Å². The zero-order valence-electron chi connectivity index (χ0n) is 14.8. The molecule has 6 heteroatoms. The molecule has 2 aromatic carbocycles. The van der Waals surface area contributed by atoms with Gasteiger partial charge in [0.15, 0.2) is 5.11 Å². The Morgan fingerprint density at radius 2 is 1.92 bits per heavy atom. The summed E-state index contributed by atoms with van der Waals surface area (Å²) >= 11 is 5.26. The molecule has 5 nitrogen and oxygen atoms in total. The average molecular weight is 356 g/mol. The first kappa shape index (κ1) is 18.9. The van der Waals surface area contributed by atoms with Crippen molar-refractivity contribution < 1.29 is 5.11 Å². The molecule has 0 aliphatic heterocycles. The van der Waals surface area contributed by atoms with Crippen LogP contribution in [0, 0.1) is 13.8 Å². The standard InChI is InChI=1S/C19H24N4OS/c1-14-4-9-18(15(2)12-14)21-19(25)22-20-13-16-5-7-17(8-6-16)23(3)10-11-24/h4-9,12-13,24H,10-11H2,1-3H3,(H2,21,22,25)/b20-13-. The monoisotopic (exact) mass is 356 g/mol. The maximum Gasteiger partial charge on any atom is 0.191 e. The molecular weight excluding hydrogens is 332 g/mol. The Bertz CT molecular complexity index is 744. The van der Waals surface area contributed by atoms with Crippen LogP contribution in [0.3, 0.4) is 0 Å². The Morgan fingerprint density at radius 1 is 1.20 bits per heavy atom. The van der Waals surface area contributed by atoms with Crippen LogP contribution in [0.15, 0.2) is 47.6 Å². The van der Waals surface area contributed by atoms with E-state index in [2.05, 4.69) is 28.8 Å². The van der Waals surface area contributed by atoms with Crippen LogP contribution in [0.1, 0.15) is 16.7 Å². The molecule has 0 radical (unpaired) electrons. The maximum atomic E-state index is 8.97. The number of anilines is 2. The molecule has 0 amide bonds. The Hall–Kier alpha value is -2.44. The molecule has 0 aromatic heterocycles. The Balaban J connectivity index is 1.88. The number of aliphatic hydroxyl groups is 1. The second-order valence-electron chi connectivity index (χ2n) is 5.88.